The number of nitrogens with zero attached hydrogens (tertiary/aromatic N) is 3. The summed E-state index contributed by atoms with van der Waals surface area (Å²) in [5.41, 5.74) is 5.85. The summed E-state index contributed by atoms with van der Waals surface area (Å²) in [6.45, 7) is 14.1. The maximum Gasteiger partial charge on any atom is 0.188 e. The van der Waals surface area contributed by atoms with Crippen molar-refractivity contribution in [2.75, 3.05) is 65.6 Å². The first kappa shape index (κ1) is 20.9. The molecule has 0 aromatic carbocycles. The number of morpholine rings is 1. The minimum absolute atomic E-state index is 0. The summed E-state index contributed by atoms with van der Waals surface area (Å²) < 4.78 is 5.32. The molecular weight excluding hydrogens is 381 g/mol. The van der Waals surface area contributed by atoms with E-state index in [1.165, 1.54) is 0 Å². The highest BCUT2D eigenvalue weighted by Crippen LogP contribution is 1.97. The second-order valence-corrected chi connectivity index (χ2v) is 5.03. The molecule has 0 aromatic heterocycles. The SMILES string of the molecule is CCN(CC)CCNC(N)=NCCCN1CCOCC1.I. The van der Waals surface area contributed by atoms with Crippen molar-refractivity contribution in [1.29, 1.82) is 0 Å². The van der Waals surface area contributed by atoms with Crippen LogP contribution < -0.4 is 11.1 Å². The van der Waals surface area contributed by atoms with Crippen molar-refractivity contribution in [2.24, 2.45) is 10.7 Å². The zero-order valence-electron chi connectivity index (χ0n) is 13.5. The third kappa shape index (κ3) is 10.3. The number of guanidine groups is 1. The number of hydrogen-bond acceptors (Lipinski definition) is 4. The molecular formula is C14H32IN5O. The summed E-state index contributed by atoms with van der Waals surface area (Å²) in [5.74, 6) is 0.569. The van der Waals surface area contributed by atoms with Crippen LogP contribution >= 0.6 is 24.0 Å². The van der Waals surface area contributed by atoms with Gasteiger partial charge < -0.3 is 20.7 Å². The van der Waals surface area contributed by atoms with Gasteiger partial charge in [-0.15, -0.1) is 24.0 Å². The van der Waals surface area contributed by atoms with E-state index in [1.54, 1.807) is 0 Å². The fraction of sp³-hybridized carbons (Fsp3) is 0.929. The van der Waals surface area contributed by atoms with E-state index >= 15 is 0 Å². The summed E-state index contributed by atoms with van der Waals surface area (Å²) in [6.07, 6.45) is 1.05. The van der Waals surface area contributed by atoms with Crippen LogP contribution in [-0.2, 0) is 4.74 Å². The van der Waals surface area contributed by atoms with Crippen LogP contribution in [-0.4, -0.2) is 81.3 Å². The average molecular weight is 413 g/mol. The van der Waals surface area contributed by atoms with Gasteiger partial charge in [-0.1, -0.05) is 13.8 Å². The smallest absolute Gasteiger partial charge is 0.188 e. The molecule has 1 saturated heterocycles. The molecule has 1 aliphatic rings. The normalized spacial score (nSPS) is 16.8. The lowest BCUT2D eigenvalue weighted by Gasteiger charge is -2.26. The average Bonchev–Trinajstić information content (AvgIpc) is 2.49. The van der Waals surface area contributed by atoms with E-state index in [2.05, 4.69) is 34.0 Å². The molecule has 1 rings (SSSR count). The van der Waals surface area contributed by atoms with Crippen molar-refractivity contribution in [3.05, 3.63) is 0 Å². The van der Waals surface area contributed by atoms with E-state index in [4.69, 9.17) is 10.5 Å². The Morgan fingerprint density at radius 1 is 1.29 bits per heavy atom. The number of rotatable bonds is 9. The van der Waals surface area contributed by atoms with Crippen LogP contribution in [0.5, 0.6) is 0 Å². The van der Waals surface area contributed by atoms with Crippen molar-refractivity contribution in [3.63, 3.8) is 0 Å². The second-order valence-electron chi connectivity index (χ2n) is 5.03. The quantitative estimate of drug-likeness (QED) is 0.251. The van der Waals surface area contributed by atoms with Gasteiger partial charge in [-0.3, -0.25) is 9.89 Å². The summed E-state index contributed by atoms with van der Waals surface area (Å²) in [7, 11) is 0. The van der Waals surface area contributed by atoms with Gasteiger partial charge in [-0.25, -0.2) is 0 Å². The van der Waals surface area contributed by atoms with Crippen LogP contribution in [0.1, 0.15) is 20.3 Å². The minimum Gasteiger partial charge on any atom is -0.379 e. The first-order chi connectivity index (χ1) is 9.76. The van der Waals surface area contributed by atoms with Gasteiger partial charge in [0, 0.05) is 39.3 Å². The summed E-state index contributed by atoms with van der Waals surface area (Å²) in [5, 5.41) is 3.17. The monoisotopic (exact) mass is 413 g/mol. The van der Waals surface area contributed by atoms with Gasteiger partial charge in [0.05, 0.1) is 13.2 Å². The molecule has 0 aliphatic carbocycles. The Morgan fingerprint density at radius 3 is 2.57 bits per heavy atom. The molecule has 1 aliphatic heterocycles. The van der Waals surface area contributed by atoms with E-state index in [0.29, 0.717) is 5.96 Å². The third-order valence-electron chi connectivity index (χ3n) is 3.65. The highest BCUT2D eigenvalue weighted by Gasteiger charge is 2.08. The van der Waals surface area contributed by atoms with Gasteiger partial charge in [0.2, 0.25) is 0 Å². The molecule has 3 N–H and O–H groups in total. The molecule has 0 unspecified atom stereocenters. The van der Waals surface area contributed by atoms with Gasteiger partial charge in [0.15, 0.2) is 5.96 Å². The lowest BCUT2D eigenvalue weighted by molar-refractivity contribution is 0.0377. The molecule has 6 nitrogen and oxygen atoms in total. The fourth-order valence-electron chi connectivity index (χ4n) is 2.26. The van der Waals surface area contributed by atoms with Crippen molar-refractivity contribution in [2.45, 2.75) is 20.3 Å². The lowest BCUT2D eigenvalue weighted by Crippen LogP contribution is -2.39. The molecule has 21 heavy (non-hydrogen) atoms. The van der Waals surface area contributed by atoms with Crippen LogP contribution in [0.15, 0.2) is 4.99 Å². The Bertz CT molecular complexity index is 268. The number of likely N-dealkylation sites (N-methyl/N-ethyl adjacent to an activating group) is 1. The fourth-order valence-corrected chi connectivity index (χ4v) is 2.26. The van der Waals surface area contributed by atoms with E-state index in [9.17, 15) is 0 Å². The van der Waals surface area contributed by atoms with E-state index in [-0.39, 0.29) is 24.0 Å². The Labute approximate surface area is 146 Å². The molecule has 7 heteroatoms. The van der Waals surface area contributed by atoms with Gasteiger partial charge in [-0.2, -0.15) is 0 Å². The Balaban J connectivity index is 0.00000400. The van der Waals surface area contributed by atoms with E-state index in [1.807, 2.05) is 0 Å². The number of nitrogens with two attached hydrogens (primary N) is 1. The summed E-state index contributed by atoms with van der Waals surface area (Å²) in [6, 6.07) is 0. The van der Waals surface area contributed by atoms with Crippen LogP contribution in [0.25, 0.3) is 0 Å². The molecule has 0 atom stereocenters. The minimum atomic E-state index is 0. The molecule has 0 bridgehead atoms. The highest BCUT2D eigenvalue weighted by molar-refractivity contribution is 14.0. The van der Waals surface area contributed by atoms with Crippen molar-refractivity contribution in [3.8, 4) is 0 Å². The largest absolute Gasteiger partial charge is 0.379 e. The molecule has 0 radical (unpaired) electrons. The first-order valence-corrected chi connectivity index (χ1v) is 7.82. The second kappa shape index (κ2) is 13.5. The van der Waals surface area contributed by atoms with Crippen molar-refractivity contribution >= 4 is 29.9 Å². The summed E-state index contributed by atoms with van der Waals surface area (Å²) in [4.78, 5) is 9.14. The predicted molar refractivity (Wildman–Crippen MR) is 99.6 cm³/mol. The lowest BCUT2D eigenvalue weighted by atomic mass is 10.3. The molecule has 0 saturated carbocycles. The zero-order chi connectivity index (χ0) is 14.6. The molecule has 126 valence electrons. The Morgan fingerprint density at radius 2 is 1.95 bits per heavy atom. The standard InChI is InChI=1S/C14H31N5O.HI/c1-3-18(4-2)9-7-17-14(15)16-6-5-8-19-10-12-20-13-11-19;/h3-13H2,1-2H3,(H3,15,16,17);1H. The number of nitrogens with one attached hydrogen (secondary N) is 1. The van der Waals surface area contributed by atoms with Crippen LogP contribution in [0.3, 0.4) is 0 Å². The molecule has 0 amide bonds. The van der Waals surface area contributed by atoms with Gasteiger partial charge in [0.25, 0.3) is 0 Å². The topological polar surface area (TPSA) is 66.1 Å². The van der Waals surface area contributed by atoms with Crippen molar-refractivity contribution < 1.29 is 4.74 Å². The van der Waals surface area contributed by atoms with Gasteiger partial charge in [-0.05, 0) is 19.5 Å². The van der Waals surface area contributed by atoms with Crippen LogP contribution in [0.4, 0.5) is 0 Å². The van der Waals surface area contributed by atoms with E-state index in [0.717, 1.165) is 72.0 Å². The highest BCUT2D eigenvalue weighted by atomic mass is 127. The molecule has 0 aromatic rings. The molecule has 1 heterocycles. The summed E-state index contributed by atoms with van der Waals surface area (Å²) >= 11 is 0. The number of hydrogen-bond donors (Lipinski definition) is 2. The van der Waals surface area contributed by atoms with E-state index < -0.39 is 0 Å². The number of aliphatic imine (C=N–C) groups is 1. The van der Waals surface area contributed by atoms with Crippen LogP contribution in [0.2, 0.25) is 0 Å². The predicted octanol–water partition coefficient (Wildman–Crippen LogP) is 0.573. The molecule has 0 spiro atoms. The van der Waals surface area contributed by atoms with Gasteiger partial charge in [0.1, 0.15) is 0 Å². The third-order valence-corrected chi connectivity index (χ3v) is 3.65. The zero-order valence-corrected chi connectivity index (χ0v) is 15.8. The Kier molecular flexibility index (Phi) is 13.5. The van der Waals surface area contributed by atoms with Crippen molar-refractivity contribution in [1.82, 2.24) is 15.1 Å². The number of halogens is 1. The maximum atomic E-state index is 5.85. The number of ether oxygens (including phenoxy) is 1. The van der Waals surface area contributed by atoms with Gasteiger partial charge >= 0.3 is 0 Å². The Hall–Kier alpha value is -0.120. The van der Waals surface area contributed by atoms with Crippen LogP contribution in [0, 0.1) is 0 Å². The first-order valence-electron chi connectivity index (χ1n) is 7.82. The maximum absolute atomic E-state index is 5.85. The molecule has 1 fully saturated rings.